The third-order valence-electron chi connectivity index (χ3n) is 5.50. The lowest BCUT2D eigenvalue weighted by atomic mass is 10.0. The number of nitrogens with zero attached hydrogens (tertiary/aromatic N) is 5. The summed E-state index contributed by atoms with van der Waals surface area (Å²) in [7, 11) is 0. The molecule has 4 aromatic rings. The van der Waals surface area contributed by atoms with Gasteiger partial charge in [-0.25, -0.2) is 9.97 Å². The molecule has 3 heterocycles. The van der Waals surface area contributed by atoms with Crippen molar-refractivity contribution >= 4 is 11.8 Å². The van der Waals surface area contributed by atoms with E-state index in [0.717, 1.165) is 40.9 Å². The lowest BCUT2D eigenvalue weighted by Gasteiger charge is -2.14. The quantitative estimate of drug-likeness (QED) is 0.408. The molecule has 1 atom stereocenters. The summed E-state index contributed by atoms with van der Waals surface area (Å²) in [4.78, 5) is 33.3. The molecule has 0 saturated carbocycles. The molecule has 3 N–H and O–H groups in total. The minimum atomic E-state index is -0.398. The van der Waals surface area contributed by atoms with E-state index in [1.54, 1.807) is 6.26 Å². The molecule has 0 bridgehead atoms. The zero-order chi connectivity index (χ0) is 22.8. The topological polar surface area (TPSA) is 152 Å². The predicted molar refractivity (Wildman–Crippen MR) is 115 cm³/mol. The number of carbonyl (C=O) groups is 2. The number of amides is 2. The molecule has 0 spiro atoms. The summed E-state index contributed by atoms with van der Waals surface area (Å²) >= 11 is 0. The second kappa shape index (κ2) is 8.61. The van der Waals surface area contributed by atoms with Crippen molar-refractivity contribution < 1.29 is 14.0 Å². The third kappa shape index (κ3) is 4.33. The second-order valence-corrected chi connectivity index (χ2v) is 7.75. The predicted octanol–water partition coefficient (Wildman–Crippen LogP) is 1.91. The zero-order valence-corrected chi connectivity index (χ0v) is 17.7. The fraction of sp³-hybridized carbons (Fsp3) is 0.227. The zero-order valence-electron chi connectivity index (χ0n) is 17.7. The highest BCUT2D eigenvalue weighted by Crippen LogP contribution is 2.33. The first-order chi connectivity index (χ1) is 16.1. The fourth-order valence-electron chi connectivity index (χ4n) is 3.89. The van der Waals surface area contributed by atoms with E-state index in [9.17, 15) is 9.59 Å². The van der Waals surface area contributed by atoms with E-state index >= 15 is 0 Å². The van der Waals surface area contributed by atoms with Gasteiger partial charge in [0.1, 0.15) is 23.5 Å². The number of aryl methyl sites for hydroxylation is 2. The first kappa shape index (κ1) is 20.5. The summed E-state index contributed by atoms with van der Waals surface area (Å²) < 4.78 is 5.23. The summed E-state index contributed by atoms with van der Waals surface area (Å²) in [5.74, 6) is 0.530. The van der Waals surface area contributed by atoms with E-state index < -0.39 is 5.91 Å². The van der Waals surface area contributed by atoms with E-state index in [0.29, 0.717) is 12.4 Å². The van der Waals surface area contributed by atoms with Crippen LogP contribution in [0.15, 0.2) is 47.3 Å². The number of rotatable bonds is 6. The van der Waals surface area contributed by atoms with Gasteiger partial charge in [-0.2, -0.15) is 5.21 Å². The van der Waals surface area contributed by atoms with Crippen LogP contribution in [0.1, 0.15) is 55.9 Å². The van der Waals surface area contributed by atoms with Crippen molar-refractivity contribution in [3.8, 4) is 11.4 Å². The molecular formula is C22H20N8O3. The van der Waals surface area contributed by atoms with Gasteiger partial charge in [0.05, 0.1) is 12.3 Å². The van der Waals surface area contributed by atoms with Gasteiger partial charge in [-0.1, -0.05) is 12.1 Å². The lowest BCUT2D eigenvalue weighted by molar-refractivity contribution is 0.0931. The number of hydrogen-bond donors (Lipinski definition) is 3. The maximum atomic E-state index is 12.8. The number of aromatic amines is 1. The molecule has 33 heavy (non-hydrogen) atoms. The first-order valence-electron chi connectivity index (χ1n) is 10.4. The van der Waals surface area contributed by atoms with Crippen molar-refractivity contribution in [2.75, 3.05) is 0 Å². The third-order valence-corrected chi connectivity index (χ3v) is 5.50. The van der Waals surface area contributed by atoms with Crippen molar-refractivity contribution in [3.63, 3.8) is 0 Å². The lowest BCUT2D eigenvalue weighted by Crippen LogP contribution is -2.29. The number of H-pyrrole nitrogens is 1. The normalized spacial score (nSPS) is 14.6. The van der Waals surface area contributed by atoms with Crippen LogP contribution in [0.2, 0.25) is 0 Å². The number of aromatic nitrogens is 6. The molecule has 0 fully saturated rings. The Morgan fingerprint density at radius 2 is 2.00 bits per heavy atom. The summed E-state index contributed by atoms with van der Waals surface area (Å²) in [5.41, 5.74) is 4.12. The van der Waals surface area contributed by atoms with Gasteiger partial charge in [-0.15, -0.1) is 10.2 Å². The number of nitrogens with one attached hydrogen (secondary N) is 3. The van der Waals surface area contributed by atoms with E-state index in [1.807, 2.05) is 31.2 Å². The van der Waals surface area contributed by atoms with Gasteiger partial charge in [-0.05, 0) is 48.2 Å². The van der Waals surface area contributed by atoms with Crippen LogP contribution in [0, 0.1) is 6.92 Å². The molecular weight excluding hydrogens is 424 g/mol. The van der Waals surface area contributed by atoms with Gasteiger partial charge in [0.15, 0.2) is 0 Å². The van der Waals surface area contributed by atoms with Crippen LogP contribution in [0.25, 0.3) is 11.4 Å². The van der Waals surface area contributed by atoms with Crippen molar-refractivity contribution in [2.24, 2.45) is 0 Å². The number of furan rings is 1. The average molecular weight is 444 g/mol. The van der Waals surface area contributed by atoms with Crippen LogP contribution in [-0.4, -0.2) is 42.4 Å². The van der Waals surface area contributed by atoms with Gasteiger partial charge >= 0.3 is 0 Å². The van der Waals surface area contributed by atoms with Gasteiger partial charge in [0.25, 0.3) is 11.8 Å². The molecule has 11 heteroatoms. The number of benzene rings is 1. The maximum Gasteiger partial charge on any atom is 0.270 e. The molecule has 1 aliphatic rings. The van der Waals surface area contributed by atoms with Crippen LogP contribution in [0.3, 0.4) is 0 Å². The van der Waals surface area contributed by atoms with Crippen LogP contribution in [0.4, 0.5) is 0 Å². The Bertz CT molecular complexity index is 1310. The molecule has 0 radical (unpaired) electrons. The van der Waals surface area contributed by atoms with E-state index in [-0.39, 0.29) is 23.3 Å². The van der Waals surface area contributed by atoms with Crippen LogP contribution >= 0.6 is 0 Å². The molecule has 1 aliphatic carbocycles. The largest absolute Gasteiger partial charge is 0.469 e. The second-order valence-electron chi connectivity index (χ2n) is 7.75. The molecule has 2 amide bonds. The van der Waals surface area contributed by atoms with Crippen LogP contribution in [-0.2, 0) is 13.0 Å². The van der Waals surface area contributed by atoms with Gasteiger partial charge < -0.3 is 15.1 Å². The smallest absolute Gasteiger partial charge is 0.270 e. The summed E-state index contributed by atoms with van der Waals surface area (Å²) in [6.45, 7) is 2.13. The van der Waals surface area contributed by atoms with Gasteiger partial charge in [0, 0.05) is 23.7 Å². The van der Waals surface area contributed by atoms with Crippen molar-refractivity contribution in [2.45, 2.75) is 32.4 Å². The number of fused-ring (bicyclic) bond motifs is 1. The standard InChI is InChI=1S/C22H20N8O3/c1-12-6-13(10-33-12)9-23-21(31)18-8-19(25-11-24-18)22(32)26-17-5-3-14-7-15(2-4-16(14)17)20-27-29-30-28-20/h2,4,6-8,10-11,17H,3,5,9H2,1H3,(H,23,31)(H,26,32)(H,27,28,29,30)/t17-/m0/s1. The minimum Gasteiger partial charge on any atom is -0.469 e. The number of hydrogen-bond acceptors (Lipinski definition) is 8. The Morgan fingerprint density at radius 1 is 1.15 bits per heavy atom. The Hall–Kier alpha value is -4.41. The highest BCUT2D eigenvalue weighted by molar-refractivity contribution is 5.97. The van der Waals surface area contributed by atoms with E-state index in [4.69, 9.17) is 4.42 Å². The SMILES string of the molecule is Cc1cc(CNC(=O)c2cc(C(=O)N[C@H]3CCc4cc(-c5nn[nH]n5)ccc43)ncn2)co1. The molecule has 1 aromatic carbocycles. The highest BCUT2D eigenvalue weighted by atomic mass is 16.3. The molecule has 0 unspecified atom stereocenters. The molecule has 0 aliphatic heterocycles. The van der Waals surface area contributed by atoms with Gasteiger partial charge in [0.2, 0.25) is 5.82 Å². The van der Waals surface area contributed by atoms with E-state index in [2.05, 4.69) is 41.2 Å². The van der Waals surface area contributed by atoms with Crippen molar-refractivity contribution in [1.29, 1.82) is 0 Å². The molecule has 11 nitrogen and oxygen atoms in total. The van der Waals surface area contributed by atoms with Crippen LogP contribution < -0.4 is 10.6 Å². The van der Waals surface area contributed by atoms with E-state index in [1.165, 1.54) is 12.4 Å². The molecule has 3 aromatic heterocycles. The number of carbonyl (C=O) groups excluding carboxylic acids is 2. The van der Waals surface area contributed by atoms with Crippen molar-refractivity contribution in [3.05, 3.63) is 76.8 Å². The number of tetrazole rings is 1. The minimum absolute atomic E-state index is 0.118. The molecule has 0 saturated heterocycles. The molecule has 5 rings (SSSR count). The molecule has 166 valence electrons. The Morgan fingerprint density at radius 3 is 2.76 bits per heavy atom. The first-order valence-corrected chi connectivity index (χ1v) is 10.4. The summed E-state index contributed by atoms with van der Waals surface area (Å²) in [5, 5.41) is 19.8. The monoisotopic (exact) mass is 444 g/mol. The summed E-state index contributed by atoms with van der Waals surface area (Å²) in [6, 6.07) is 8.96. The Kier molecular flexibility index (Phi) is 5.35. The maximum absolute atomic E-state index is 12.8. The highest BCUT2D eigenvalue weighted by Gasteiger charge is 2.26. The van der Waals surface area contributed by atoms with Crippen LogP contribution in [0.5, 0.6) is 0 Å². The summed E-state index contributed by atoms with van der Waals surface area (Å²) in [6.07, 6.45) is 4.38. The fourth-order valence-corrected chi connectivity index (χ4v) is 3.89. The average Bonchev–Trinajstić information content (AvgIpc) is 3.59. The van der Waals surface area contributed by atoms with Gasteiger partial charge in [-0.3, -0.25) is 9.59 Å². The Labute approximate surface area is 188 Å². The Balaban J connectivity index is 1.25. The van der Waals surface area contributed by atoms with Crippen molar-refractivity contribution in [1.82, 2.24) is 41.2 Å².